The molecule has 1 rings (SSSR count). The quantitative estimate of drug-likeness (QED) is 0.864. The van der Waals surface area contributed by atoms with Crippen molar-refractivity contribution in [1.29, 1.82) is 0 Å². The number of hydrogen-bond donors (Lipinski definition) is 1. The number of halogens is 3. The fourth-order valence-electron chi connectivity index (χ4n) is 1.37. The highest BCUT2D eigenvalue weighted by atomic mass is 79.9. The lowest BCUT2D eigenvalue weighted by Gasteiger charge is -2.17. The van der Waals surface area contributed by atoms with Gasteiger partial charge in [0.25, 0.3) is 0 Å². The summed E-state index contributed by atoms with van der Waals surface area (Å²) in [5, 5.41) is 10.6. The van der Waals surface area contributed by atoms with Crippen LogP contribution >= 0.6 is 15.9 Å². The zero-order valence-electron chi connectivity index (χ0n) is 9.78. The molecular formula is C11H12BrF2NO3. The monoisotopic (exact) mass is 323 g/mol. The minimum atomic E-state index is -1.57. The minimum Gasteiger partial charge on any atom is -0.388 e. The van der Waals surface area contributed by atoms with E-state index >= 15 is 0 Å². The molecule has 1 amide bonds. The maximum absolute atomic E-state index is 13.5. The van der Waals surface area contributed by atoms with Crippen LogP contribution in [-0.4, -0.2) is 30.2 Å². The van der Waals surface area contributed by atoms with E-state index < -0.39 is 35.6 Å². The summed E-state index contributed by atoms with van der Waals surface area (Å²) in [7, 11) is 2.61. The number of hydrogen-bond acceptors (Lipinski definition) is 3. The van der Waals surface area contributed by atoms with Gasteiger partial charge in [-0.05, 0) is 12.1 Å². The molecule has 0 aliphatic carbocycles. The molecule has 0 aromatic heterocycles. The summed E-state index contributed by atoms with van der Waals surface area (Å²) in [6.45, 7) is 0. The maximum Gasteiger partial charge on any atom is 0.248 e. The van der Waals surface area contributed by atoms with E-state index in [1.165, 1.54) is 14.2 Å². The Balaban J connectivity index is 2.91. The van der Waals surface area contributed by atoms with Gasteiger partial charge in [0.15, 0.2) is 0 Å². The predicted octanol–water partition coefficient (Wildman–Crippen LogP) is 2.17. The molecule has 0 heterocycles. The summed E-state index contributed by atoms with van der Waals surface area (Å²) in [6, 6.07) is 2.04. The maximum atomic E-state index is 13.5. The Bertz CT molecular complexity index is 433. The third-order valence-electron chi connectivity index (χ3n) is 2.37. The zero-order chi connectivity index (χ0) is 13.9. The lowest BCUT2D eigenvalue weighted by molar-refractivity contribution is -0.170. The summed E-state index contributed by atoms with van der Waals surface area (Å²) < 4.78 is 27.2. The molecule has 100 valence electrons. The van der Waals surface area contributed by atoms with E-state index in [9.17, 15) is 18.7 Å². The first kappa shape index (κ1) is 15.0. The van der Waals surface area contributed by atoms with Crippen molar-refractivity contribution in [2.45, 2.75) is 12.5 Å². The Morgan fingerprint density at radius 2 is 2.00 bits per heavy atom. The van der Waals surface area contributed by atoms with Crippen LogP contribution in [0, 0.1) is 11.6 Å². The summed E-state index contributed by atoms with van der Waals surface area (Å²) in [5.41, 5.74) is -0.531. The molecule has 4 nitrogen and oxygen atoms in total. The van der Waals surface area contributed by atoms with Crippen LogP contribution in [0.4, 0.5) is 8.78 Å². The lowest BCUT2D eigenvalue weighted by atomic mass is 10.0. The summed E-state index contributed by atoms with van der Waals surface area (Å²) in [5.74, 6) is -2.42. The second-order valence-corrected chi connectivity index (χ2v) is 4.49. The normalized spacial score (nSPS) is 12.3. The molecule has 0 fully saturated rings. The molecule has 1 atom stereocenters. The number of benzene rings is 1. The van der Waals surface area contributed by atoms with Crippen molar-refractivity contribution in [1.82, 2.24) is 5.06 Å². The van der Waals surface area contributed by atoms with Crippen LogP contribution in [0.2, 0.25) is 0 Å². The highest BCUT2D eigenvalue weighted by Gasteiger charge is 2.23. The van der Waals surface area contributed by atoms with Gasteiger partial charge in [-0.2, -0.15) is 0 Å². The first-order valence-corrected chi connectivity index (χ1v) is 5.79. The molecule has 1 unspecified atom stereocenters. The Hall–Kier alpha value is -1.05. The molecule has 7 heteroatoms. The molecule has 0 radical (unpaired) electrons. The number of carbonyl (C=O) groups is 1. The first-order chi connectivity index (χ1) is 8.36. The summed E-state index contributed by atoms with van der Waals surface area (Å²) >= 11 is 2.92. The van der Waals surface area contributed by atoms with Gasteiger partial charge in [0, 0.05) is 11.5 Å². The van der Waals surface area contributed by atoms with Crippen LogP contribution in [0.5, 0.6) is 0 Å². The zero-order valence-corrected chi connectivity index (χ0v) is 11.4. The van der Waals surface area contributed by atoms with Crippen LogP contribution in [0.15, 0.2) is 16.6 Å². The Labute approximate surface area is 111 Å². The number of rotatable bonds is 4. The van der Waals surface area contributed by atoms with E-state index in [1.807, 2.05) is 0 Å². The van der Waals surface area contributed by atoms with Crippen LogP contribution in [-0.2, 0) is 9.63 Å². The molecule has 0 bridgehead atoms. The van der Waals surface area contributed by atoms with Gasteiger partial charge in [-0.3, -0.25) is 9.63 Å². The second kappa shape index (κ2) is 6.21. The molecule has 0 saturated heterocycles. The number of aliphatic hydroxyl groups excluding tert-OH is 1. The fraction of sp³-hybridized carbons (Fsp3) is 0.364. The topological polar surface area (TPSA) is 49.8 Å². The molecule has 1 aromatic carbocycles. The van der Waals surface area contributed by atoms with Gasteiger partial charge in [0.05, 0.1) is 25.2 Å². The van der Waals surface area contributed by atoms with Crippen LogP contribution in [0.1, 0.15) is 18.1 Å². The van der Waals surface area contributed by atoms with Crippen LogP contribution < -0.4 is 0 Å². The van der Waals surface area contributed by atoms with Gasteiger partial charge in [-0.25, -0.2) is 13.8 Å². The Morgan fingerprint density at radius 3 is 2.44 bits per heavy atom. The van der Waals surface area contributed by atoms with E-state index in [1.54, 1.807) is 0 Å². The molecule has 0 spiro atoms. The Morgan fingerprint density at radius 1 is 1.50 bits per heavy atom. The number of hydroxylamine groups is 2. The Kier molecular flexibility index (Phi) is 5.18. The van der Waals surface area contributed by atoms with Gasteiger partial charge >= 0.3 is 0 Å². The smallest absolute Gasteiger partial charge is 0.248 e. The van der Waals surface area contributed by atoms with Gasteiger partial charge in [-0.15, -0.1) is 0 Å². The molecule has 0 saturated carbocycles. The second-order valence-electron chi connectivity index (χ2n) is 3.58. The van der Waals surface area contributed by atoms with E-state index in [2.05, 4.69) is 20.8 Å². The summed E-state index contributed by atoms with van der Waals surface area (Å²) in [4.78, 5) is 16.0. The first-order valence-electron chi connectivity index (χ1n) is 5.00. The average Bonchev–Trinajstić information content (AvgIpc) is 2.26. The van der Waals surface area contributed by atoms with Crippen LogP contribution in [0.3, 0.4) is 0 Å². The van der Waals surface area contributed by atoms with E-state index in [4.69, 9.17) is 0 Å². The average molecular weight is 324 g/mol. The molecule has 0 aliphatic rings. The predicted molar refractivity (Wildman–Crippen MR) is 63.4 cm³/mol. The number of aliphatic hydroxyl groups is 1. The van der Waals surface area contributed by atoms with Crippen molar-refractivity contribution < 1.29 is 23.5 Å². The fourth-order valence-corrected chi connectivity index (χ4v) is 1.77. The van der Waals surface area contributed by atoms with E-state index in [-0.39, 0.29) is 4.47 Å². The van der Waals surface area contributed by atoms with Crippen molar-refractivity contribution in [2.24, 2.45) is 0 Å². The molecule has 0 aliphatic heterocycles. The van der Waals surface area contributed by atoms with Crippen LogP contribution in [0.25, 0.3) is 0 Å². The highest BCUT2D eigenvalue weighted by molar-refractivity contribution is 9.10. The van der Waals surface area contributed by atoms with Crippen molar-refractivity contribution in [3.63, 3.8) is 0 Å². The van der Waals surface area contributed by atoms with Crippen molar-refractivity contribution in [3.05, 3.63) is 33.8 Å². The van der Waals surface area contributed by atoms with E-state index in [0.29, 0.717) is 0 Å². The number of nitrogens with zero attached hydrogens (tertiary/aromatic N) is 1. The summed E-state index contributed by atoms with van der Waals surface area (Å²) in [6.07, 6.45) is -2.04. The van der Waals surface area contributed by atoms with Gasteiger partial charge < -0.3 is 5.11 Å². The minimum absolute atomic E-state index is 0.216. The van der Waals surface area contributed by atoms with Gasteiger partial charge in [-0.1, -0.05) is 15.9 Å². The third kappa shape index (κ3) is 3.47. The van der Waals surface area contributed by atoms with Gasteiger partial charge in [0.2, 0.25) is 5.91 Å². The molecule has 1 N–H and O–H groups in total. The van der Waals surface area contributed by atoms with Gasteiger partial charge in [0.1, 0.15) is 11.6 Å². The highest BCUT2D eigenvalue weighted by Crippen LogP contribution is 2.27. The SMILES string of the molecule is CON(C)C(=O)CC(O)c1c(F)cc(Br)cc1F. The third-order valence-corrected chi connectivity index (χ3v) is 2.83. The number of amides is 1. The molecule has 18 heavy (non-hydrogen) atoms. The van der Waals surface area contributed by atoms with Crippen molar-refractivity contribution >= 4 is 21.8 Å². The molecule has 1 aromatic rings. The molecular weight excluding hydrogens is 312 g/mol. The van der Waals surface area contributed by atoms with Crippen molar-refractivity contribution in [2.75, 3.05) is 14.2 Å². The van der Waals surface area contributed by atoms with Crippen molar-refractivity contribution in [3.8, 4) is 0 Å². The lowest BCUT2D eigenvalue weighted by Crippen LogP contribution is -2.27. The largest absolute Gasteiger partial charge is 0.388 e. The standard InChI is InChI=1S/C11H12BrF2NO3/c1-15(18-2)10(17)5-9(16)11-7(13)3-6(12)4-8(11)14/h3-4,9,16H,5H2,1-2H3. The number of carbonyl (C=O) groups excluding carboxylic acids is 1. The van der Waals surface area contributed by atoms with E-state index in [0.717, 1.165) is 17.2 Å².